The number of ether oxygens (including phenoxy) is 2. The Hall–Kier alpha value is -1.78. The second kappa shape index (κ2) is 15.8. The Bertz CT molecular complexity index is 1000. The molecule has 1 aliphatic carbocycles. The Labute approximate surface area is 261 Å². The number of nitrogens with zero attached hydrogens (tertiary/aromatic N) is 4. The second-order valence-corrected chi connectivity index (χ2v) is 14.5. The predicted molar refractivity (Wildman–Crippen MR) is 173 cm³/mol. The smallest absolute Gasteiger partial charge is 0.410 e. The Morgan fingerprint density at radius 2 is 1.90 bits per heavy atom. The summed E-state index contributed by atoms with van der Waals surface area (Å²) in [6, 6.07) is 0. The van der Waals surface area contributed by atoms with Crippen molar-refractivity contribution < 1.29 is 19.1 Å². The van der Waals surface area contributed by atoms with Gasteiger partial charge in [0.05, 0.1) is 5.69 Å². The van der Waals surface area contributed by atoms with Crippen molar-refractivity contribution >= 4 is 25.5 Å². The summed E-state index contributed by atoms with van der Waals surface area (Å²) in [5.74, 6) is 0.926. The first kappa shape index (κ1) is 36.4. The third-order valence-electron chi connectivity index (χ3n) is 8.58. The molecular weight excluding hydrogens is 550 g/mol. The summed E-state index contributed by atoms with van der Waals surface area (Å²) in [5.41, 5.74) is 1.73. The van der Waals surface area contributed by atoms with E-state index in [1.165, 1.54) is 5.56 Å². The van der Waals surface area contributed by atoms with Crippen LogP contribution in [0.4, 0.5) is 4.79 Å². The van der Waals surface area contributed by atoms with Gasteiger partial charge in [0.1, 0.15) is 11.8 Å². The van der Waals surface area contributed by atoms with E-state index in [2.05, 4.69) is 51.2 Å². The van der Waals surface area contributed by atoms with Crippen LogP contribution in [0.5, 0.6) is 0 Å². The molecule has 1 N–H and O–H groups in total. The van der Waals surface area contributed by atoms with Gasteiger partial charge in [-0.05, 0) is 84.1 Å². The van der Waals surface area contributed by atoms with Gasteiger partial charge in [-0.25, -0.2) is 9.48 Å². The van der Waals surface area contributed by atoms with Crippen molar-refractivity contribution in [3.8, 4) is 0 Å². The molecule has 242 valence electrons. The van der Waals surface area contributed by atoms with Gasteiger partial charge in [-0.2, -0.15) is 18.6 Å². The molecule has 0 radical (unpaired) electrons. The lowest BCUT2D eigenvalue weighted by Gasteiger charge is -2.41. The van der Waals surface area contributed by atoms with E-state index in [4.69, 9.17) is 14.6 Å². The molecule has 9 nitrogen and oxygen atoms in total. The van der Waals surface area contributed by atoms with Crippen molar-refractivity contribution in [2.24, 2.45) is 17.3 Å². The van der Waals surface area contributed by atoms with Gasteiger partial charge in [0.25, 0.3) is 0 Å². The van der Waals surface area contributed by atoms with Gasteiger partial charge in [-0.1, -0.05) is 27.7 Å². The first-order valence-electron chi connectivity index (χ1n) is 15.8. The molecule has 0 bridgehead atoms. The molecule has 1 saturated heterocycles. The third-order valence-corrected chi connectivity index (χ3v) is 8.58. The van der Waals surface area contributed by atoms with Gasteiger partial charge >= 0.3 is 6.09 Å². The maximum absolute atomic E-state index is 13.4. The van der Waals surface area contributed by atoms with Crippen molar-refractivity contribution in [2.75, 3.05) is 40.3 Å². The predicted octanol–water partition coefficient (Wildman–Crippen LogP) is 6.07. The zero-order chi connectivity index (χ0) is 30.4. The van der Waals surface area contributed by atoms with Crippen molar-refractivity contribution in [3.63, 3.8) is 0 Å². The summed E-state index contributed by atoms with van der Waals surface area (Å²) < 4.78 is 13.6. The van der Waals surface area contributed by atoms with E-state index in [1.54, 1.807) is 11.9 Å². The first-order chi connectivity index (χ1) is 19.2. The molecule has 3 rings (SSSR count). The monoisotopic (exact) mass is 609 g/mol. The second-order valence-electron chi connectivity index (χ2n) is 14.5. The van der Waals surface area contributed by atoms with Crippen molar-refractivity contribution in [1.82, 2.24) is 24.9 Å². The van der Waals surface area contributed by atoms with Crippen LogP contribution in [0.25, 0.3) is 0 Å². The van der Waals surface area contributed by atoms with Crippen LogP contribution in [-0.2, 0) is 20.8 Å². The van der Waals surface area contributed by atoms with Gasteiger partial charge in [0.15, 0.2) is 0 Å². The van der Waals surface area contributed by atoms with E-state index in [1.807, 2.05) is 25.5 Å². The highest BCUT2D eigenvalue weighted by Gasteiger charge is 2.42. The van der Waals surface area contributed by atoms with E-state index >= 15 is 0 Å². The number of carbonyl (C=O) groups excluding carboxylic acids is 2. The molecule has 3 atom stereocenters. The number of nitrogens with one attached hydrogen (secondary N) is 1. The van der Waals surface area contributed by atoms with Crippen LogP contribution < -0.4 is 5.32 Å². The number of rotatable bonds is 11. The Balaban J connectivity index is 0.00000616. The Morgan fingerprint density at radius 1 is 1.19 bits per heavy atom. The van der Waals surface area contributed by atoms with Crippen LogP contribution in [0.15, 0.2) is 6.20 Å². The minimum absolute atomic E-state index is 0. The number of hydrogen-bond donors (Lipinski definition) is 1. The van der Waals surface area contributed by atoms with E-state index in [0.29, 0.717) is 19.0 Å². The minimum Gasteiger partial charge on any atom is -0.444 e. The highest BCUT2D eigenvalue weighted by molar-refractivity contribution is 7.59. The summed E-state index contributed by atoms with van der Waals surface area (Å²) in [6.45, 7) is 18.0. The molecule has 0 spiro atoms. The van der Waals surface area contributed by atoms with Gasteiger partial charge in [0, 0.05) is 63.4 Å². The Kier molecular flexibility index (Phi) is 13.7. The van der Waals surface area contributed by atoms with Gasteiger partial charge in [-0.15, -0.1) is 0 Å². The normalized spacial score (nSPS) is 22.5. The molecule has 2 amide bonds. The number of aromatic nitrogens is 2. The summed E-state index contributed by atoms with van der Waals surface area (Å²) in [5, 5.41) is 8.38. The van der Waals surface area contributed by atoms with Crippen LogP contribution in [-0.4, -0.2) is 77.5 Å². The topological polar surface area (TPSA) is 88.9 Å². The van der Waals surface area contributed by atoms with Crippen molar-refractivity contribution in [1.29, 1.82) is 0 Å². The van der Waals surface area contributed by atoms with E-state index in [0.717, 1.165) is 70.3 Å². The number of hydrogen-bond acceptors (Lipinski definition) is 6. The highest BCUT2D eigenvalue weighted by atomic mass is 32.1. The van der Waals surface area contributed by atoms with Gasteiger partial charge in [0.2, 0.25) is 5.91 Å². The lowest BCUT2D eigenvalue weighted by atomic mass is 9.64. The molecule has 1 saturated carbocycles. The fraction of sp³-hybridized carbons (Fsp3) is 0.844. The molecule has 2 aliphatic rings. The van der Waals surface area contributed by atoms with E-state index in [9.17, 15) is 9.59 Å². The van der Waals surface area contributed by atoms with E-state index < -0.39 is 5.60 Å². The lowest BCUT2D eigenvalue weighted by molar-refractivity contribution is -0.130. The summed E-state index contributed by atoms with van der Waals surface area (Å²) in [4.78, 5) is 29.7. The minimum atomic E-state index is -0.514. The molecule has 1 aliphatic heterocycles. The van der Waals surface area contributed by atoms with Crippen LogP contribution in [0.3, 0.4) is 0 Å². The highest BCUT2D eigenvalue weighted by Crippen LogP contribution is 2.47. The Morgan fingerprint density at radius 3 is 2.52 bits per heavy atom. The average Bonchev–Trinajstić information content (AvgIpc) is 3.29. The number of amides is 2. The molecule has 2 unspecified atom stereocenters. The molecule has 2 heterocycles. The van der Waals surface area contributed by atoms with Gasteiger partial charge in [-0.3, -0.25) is 4.79 Å². The largest absolute Gasteiger partial charge is 0.444 e. The number of likely N-dealkylation sites (N-methyl/N-ethyl adjacent to an activating group) is 2. The van der Waals surface area contributed by atoms with Crippen LogP contribution in [0.2, 0.25) is 0 Å². The average molecular weight is 610 g/mol. The maximum Gasteiger partial charge on any atom is 0.410 e. The maximum atomic E-state index is 13.4. The van der Waals surface area contributed by atoms with Gasteiger partial charge < -0.3 is 24.6 Å². The standard InChI is InChI=1S/C32H57N5O4.H2S/c1-23(2)14-16-33-29(38)26-20-24(13-15-32(26,6)7)28-25(22-37(34-28)27-12-10-11-19-40-27)21-35(8)17-18-36(9)30(39)41-31(3,4)5;/h22-24,26-27H,10-21H2,1-9H3,(H,33,38);1H2/t24?,26-,27?;/m1./s1. The molecule has 1 aromatic rings. The van der Waals surface area contributed by atoms with Crippen molar-refractivity contribution in [2.45, 2.75) is 118 Å². The summed E-state index contributed by atoms with van der Waals surface area (Å²) >= 11 is 0. The van der Waals surface area contributed by atoms with E-state index in [-0.39, 0.29) is 49.0 Å². The zero-order valence-electron chi connectivity index (χ0n) is 27.8. The quantitative estimate of drug-likeness (QED) is 0.328. The molecule has 42 heavy (non-hydrogen) atoms. The zero-order valence-corrected chi connectivity index (χ0v) is 28.8. The molecule has 2 fully saturated rings. The first-order valence-corrected chi connectivity index (χ1v) is 15.8. The molecular formula is C32H59N5O4S. The third kappa shape index (κ3) is 10.7. The SMILES string of the molecule is CC(C)CCNC(=O)[C@H]1CC(c2nn(C3CCCCO3)cc2CN(C)CCN(C)C(=O)OC(C)(C)C)CCC1(C)C.S. The summed E-state index contributed by atoms with van der Waals surface area (Å²) in [6.07, 6.45) is 8.83. The van der Waals surface area contributed by atoms with Crippen LogP contribution in [0.1, 0.15) is 117 Å². The lowest BCUT2D eigenvalue weighted by Crippen LogP contribution is -2.43. The van der Waals surface area contributed by atoms with Crippen LogP contribution >= 0.6 is 13.5 Å². The molecule has 10 heteroatoms. The van der Waals surface area contributed by atoms with Crippen LogP contribution in [0, 0.1) is 17.3 Å². The molecule has 0 aromatic carbocycles. The fourth-order valence-electron chi connectivity index (χ4n) is 5.87. The summed E-state index contributed by atoms with van der Waals surface area (Å²) in [7, 11) is 3.86. The fourth-order valence-corrected chi connectivity index (χ4v) is 5.87. The van der Waals surface area contributed by atoms with Crippen molar-refractivity contribution in [3.05, 3.63) is 17.5 Å². The number of carbonyl (C=O) groups is 2. The molecule has 1 aromatic heterocycles.